The summed E-state index contributed by atoms with van der Waals surface area (Å²) in [6, 6.07) is 8.91. The first-order valence-corrected chi connectivity index (χ1v) is 10.3. The maximum atomic E-state index is 5.69. The minimum atomic E-state index is 0.687. The zero-order valence-corrected chi connectivity index (χ0v) is 16.6. The summed E-state index contributed by atoms with van der Waals surface area (Å²) in [4.78, 5) is 7.22. The van der Waals surface area contributed by atoms with Crippen LogP contribution in [0.3, 0.4) is 0 Å². The lowest BCUT2D eigenvalue weighted by molar-refractivity contribution is 0.284. The Morgan fingerprint density at radius 2 is 2.04 bits per heavy atom. The molecule has 1 saturated heterocycles. The number of methoxy groups -OCH3 is 1. The van der Waals surface area contributed by atoms with Gasteiger partial charge in [-0.1, -0.05) is 6.42 Å². The normalized spacial score (nSPS) is 18.7. The van der Waals surface area contributed by atoms with Gasteiger partial charge < -0.3 is 10.1 Å². The van der Waals surface area contributed by atoms with Crippen molar-refractivity contribution in [2.75, 3.05) is 33.3 Å². The van der Waals surface area contributed by atoms with Crippen LogP contribution in [0.15, 0.2) is 30.5 Å². The Hall–Kier alpha value is -1.91. The Morgan fingerprint density at radius 1 is 1.15 bits per heavy atom. The highest BCUT2D eigenvalue weighted by atomic mass is 16.5. The van der Waals surface area contributed by atoms with Crippen LogP contribution in [0, 0.1) is 6.92 Å². The number of nitrogens with zero attached hydrogens (tertiary/aromatic N) is 2. The van der Waals surface area contributed by atoms with Gasteiger partial charge in [-0.05, 0) is 86.1 Å². The molecule has 4 heteroatoms. The number of rotatable bonds is 5. The van der Waals surface area contributed by atoms with Crippen molar-refractivity contribution >= 4 is 0 Å². The molecule has 1 aliphatic carbocycles. The molecule has 1 N–H and O–H groups in total. The molecule has 1 aromatic heterocycles. The fourth-order valence-corrected chi connectivity index (χ4v) is 4.26. The SMILES string of the molecule is COc1cc(-c2cc(CN3CCCNCC3)ccn2)cc(C2CCC2)c1C. The summed E-state index contributed by atoms with van der Waals surface area (Å²) in [6.07, 6.45) is 7.11. The lowest BCUT2D eigenvalue weighted by Crippen LogP contribution is -2.27. The molecule has 1 aliphatic heterocycles. The van der Waals surface area contributed by atoms with E-state index in [1.54, 1.807) is 7.11 Å². The molecule has 1 aromatic carbocycles. The Morgan fingerprint density at radius 3 is 2.81 bits per heavy atom. The first-order valence-electron chi connectivity index (χ1n) is 10.3. The van der Waals surface area contributed by atoms with Crippen LogP contribution in [0.2, 0.25) is 0 Å². The van der Waals surface area contributed by atoms with Gasteiger partial charge in [-0.15, -0.1) is 0 Å². The highest BCUT2D eigenvalue weighted by Gasteiger charge is 2.23. The molecular weight excluding hydrogens is 334 g/mol. The molecule has 0 spiro atoms. The van der Waals surface area contributed by atoms with Gasteiger partial charge in [-0.2, -0.15) is 0 Å². The van der Waals surface area contributed by atoms with E-state index in [-0.39, 0.29) is 0 Å². The van der Waals surface area contributed by atoms with Crippen molar-refractivity contribution in [2.45, 2.75) is 45.1 Å². The molecule has 1 saturated carbocycles. The van der Waals surface area contributed by atoms with E-state index < -0.39 is 0 Å². The van der Waals surface area contributed by atoms with E-state index in [0.29, 0.717) is 5.92 Å². The fourth-order valence-electron chi connectivity index (χ4n) is 4.26. The summed E-state index contributed by atoms with van der Waals surface area (Å²) < 4.78 is 5.69. The number of hydrogen-bond donors (Lipinski definition) is 1. The number of hydrogen-bond acceptors (Lipinski definition) is 4. The molecule has 4 nitrogen and oxygen atoms in total. The van der Waals surface area contributed by atoms with Crippen LogP contribution in [0.5, 0.6) is 5.75 Å². The third-order valence-electron chi connectivity index (χ3n) is 6.12. The third kappa shape index (κ3) is 4.17. The van der Waals surface area contributed by atoms with Crippen LogP contribution >= 0.6 is 0 Å². The third-order valence-corrected chi connectivity index (χ3v) is 6.12. The molecule has 0 radical (unpaired) electrons. The van der Waals surface area contributed by atoms with Gasteiger partial charge in [0, 0.05) is 31.4 Å². The van der Waals surface area contributed by atoms with E-state index in [9.17, 15) is 0 Å². The maximum absolute atomic E-state index is 5.69. The van der Waals surface area contributed by atoms with E-state index in [1.165, 1.54) is 47.9 Å². The first-order chi connectivity index (χ1) is 13.2. The van der Waals surface area contributed by atoms with Crippen molar-refractivity contribution in [1.29, 1.82) is 0 Å². The lowest BCUT2D eigenvalue weighted by Gasteiger charge is -2.28. The van der Waals surface area contributed by atoms with Gasteiger partial charge in [0.05, 0.1) is 12.8 Å². The molecule has 2 fully saturated rings. The topological polar surface area (TPSA) is 37.4 Å². The Kier molecular flexibility index (Phi) is 5.74. The number of benzene rings is 1. The molecule has 0 unspecified atom stereocenters. The van der Waals surface area contributed by atoms with Crippen molar-refractivity contribution in [3.05, 3.63) is 47.2 Å². The Bertz CT molecular complexity index is 777. The van der Waals surface area contributed by atoms with Gasteiger partial charge in [0.25, 0.3) is 0 Å². The molecule has 2 aliphatic rings. The maximum Gasteiger partial charge on any atom is 0.122 e. The average Bonchev–Trinajstić information content (AvgIpc) is 2.91. The lowest BCUT2D eigenvalue weighted by atomic mass is 9.77. The molecule has 144 valence electrons. The molecule has 4 rings (SSSR count). The molecule has 2 heterocycles. The van der Waals surface area contributed by atoms with Gasteiger partial charge >= 0.3 is 0 Å². The summed E-state index contributed by atoms with van der Waals surface area (Å²) in [7, 11) is 1.77. The zero-order chi connectivity index (χ0) is 18.6. The van der Waals surface area contributed by atoms with Crippen LogP contribution in [0.4, 0.5) is 0 Å². The Labute approximate surface area is 162 Å². The van der Waals surface area contributed by atoms with Crippen LogP contribution in [-0.4, -0.2) is 43.2 Å². The van der Waals surface area contributed by atoms with Crippen molar-refractivity contribution < 1.29 is 4.74 Å². The van der Waals surface area contributed by atoms with Crippen molar-refractivity contribution in [2.24, 2.45) is 0 Å². The van der Waals surface area contributed by atoms with E-state index in [2.05, 4.69) is 46.4 Å². The van der Waals surface area contributed by atoms with Gasteiger partial charge in [0.2, 0.25) is 0 Å². The van der Waals surface area contributed by atoms with Crippen molar-refractivity contribution in [3.63, 3.8) is 0 Å². The highest BCUT2D eigenvalue weighted by Crippen LogP contribution is 2.42. The average molecular weight is 366 g/mol. The second-order valence-electron chi connectivity index (χ2n) is 7.95. The number of ether oxygens (including phenoxy) is 1. The predicted octanol–water partition coefficient (Wildman–Crippen LogP) is 4.13. The molecular formula is C23H31N3O. The molecule has 0 bridgehead atoms. The van der Waals surface area contributed by atoms with Crippen LogP contribution in [0.1, 0.15) is 48.3 Å². The summed E-state index contributed by atoms with van der Waals surface area (Å²) in [5.41, 5.74) is 6.31. The second-order valence-corrected chi connectivity index (χ2v) is 7.95. The largest absolute Gasteiger partial charge is 0.496 e. The minimum Gasteiger partial charge on any atom is -0.496 e. The predicted molar refractivity (Wildman–Crippen MR) is 110 cm³/mol. The van der Waals surface area contributed by atoms with Gasteiger partial charge in [0.1, 0.15) is 5.75 Å². The van der Waals surface area contributed by atoms with Gasteiger partial charge in [0.15, 0.2) is 0 Å². The quantitative estimate of drug-likeness (QED) is 0.864. The Balaban J connectivity index is 1.61. The molecule has 2 aromatic rings. The fraction of sp³-hybridized carbons (Fsp3) is 0.522. The summed E-state index contributed by atoms with van der Waals surface area (Å²) >= 11 is 0. The van der Waals surface area contributed by atoms with Crippen molar-refractivity contribution in [1.82, 2.24) is 15.2 Å². The number of pyridine rings is 1. The van der Waals surface area contributed by atoms with Crippen LogP contribution < -0.4 is 10.1 Å². The van der Waals surface area contributed by atoms with Crippen LogP contribution in [0.25, 0.3) is 11.3 Å². The van der Waals surface area contributed by atoms with E-state index in [4.69, 9.17) is 4.74 Å². The summed E-state index contributed by atoms with van der Waals surface area (Å²) in [5, 5.41) is 3.48. The minimum absolute atomic E-state index is 0.687. The summed E-state index contributed by atoms with van der Waals surface area (Å²) in [5.74, 6) is 1.67. The number of nitrogens with one attached hydrogen (secondary N) is 1. The van der Waals surface area contributed by atoms with E-state index >= 15 is 0 Å². The summed E-state index contributed by atoms with van der Waals surface area (Å²) in [6.45, 7) is 7.67. The van der Waals surface area contributed by atoms with E-state index in [1.807, 2.05) is 6.20 Å². The van der Waals surface area contributed by atoms with E-state index in [0.717, 1.165) is 44.2 Å². The van der Waals surface area contributed by atoms with Gasteiger partial charge in [-0.25, -0.2) is 0 Å². The van der Waals surface area contributed by atoms with Crippen molar-refractivity contribution in [3.8, 4) is 17.0 Å². The molecule has 0 atom stereocenters. The monoisotopic (exact) mass is 365 g/mol. The zero-order valence-electron chi connectivity index (χ0n) is 16.6. The van der Waals surface area contributed by atoms with Crippen LogP contribution in [-0.2, 0) is 6.54 Å². The van der Waals surface area contributed by atoms with Gasteiger partial charge in [-0.3, -0.25) is 9.88 Å². The second kappa shape index (κ2) is 8.41. The molecule has 0 amide bonds. The smallest absolute Gasteiger partial charge is 0.122 e. The highest BCUT2D eigenvalue weighted by molar-refractivity contribution is 5.65. The first kappa shape index (κ1) is 18.5. The molecule has 27 heavy (non-hydrogen) atoms. The standard InChI is InChI=1S/C23H31N3O/c1-17-21(19-5-3-6-19)14-20(15-23(17)27-2)22-13-18(7-9-25-22)16-26-11-4-8-24-10-12-26/h7,9,13-15,19,24H,3-6,8,10-12,16H2,1-2H3. The number of aromatic nitrogens is 1.